The summed E-state index contributed by atoms with van der Waals surface area (Å²) in [5.74, 6) is -3.29. The Morgan fingerprint density at radius 1 is 0.633 bits per heavy atom. The van der Waals surface area contributed by atoms with E-state index in [9.17, 15) is 19.2 Å². The highest BCUT2D eigenvalue weighted by Gasteiger charge is 2.27. The van der Waals surface area contributed by atoms with Gasteiger partial charge in [0.05, 0.1) is 13.2 Å². The average Bonchev–Trinajstić information content (AvgIpc) is 2.77. The number of esters is 2. The van der Waals surface area contributed by atoms with E-state index >= 15 is 0 Å². The van der Waals surface area contributed by atoms with E-state index < -0.39 is 35.1 Å². The third-order valence-electron chi connectivity index (χ3n) is 3.76. The zero-order valence-corrected chi connectivity index (χ0v) is 16.6. The molecule has 0 unspecified atom stereocenters. The van der Waals surface area contributed by atoms with Crippen LogP contribution in [0.25, 0.3) is 0 Å². The Balaban J connectivity index is 2.47. The monoisotopic (exact) mass is 410 g/mol. The first-order valence-corrected chi connectivity index (χ1v) is 9.29. The van der Waals surface area contributed by atoms with Crippen molar-refractivity contribution in [3.8, 4) is 0 Å². The van der Waals surface area contributed by atoms with E-state index in [0.29, 0.717) is 0 Å². The van der Waals surface area contributed by atoms with E-state index in [1.165, 1.54) is 24.3 Å². The van der Waals surface area contributed by atoms with Crippen LogP contribution in [0, 0.1) is 0 Å². The molecule has 0 fully saturated rings. The van der Waals surface area contributed by atoms with E-state index in [0.717, 1.165) is 0 Å². The van der Waals surface area contributed by atoms with Gasteiger partial charge in [-0.2, -0.15) is 0 Å². The maximum atomic E-state index is 12.6. The molecule has 30 heavy (non-hydrogen) atoms. The van der Waals surface area contributed by atoms with Gasteiger partial charge in [0.1, 0.15) is 0 Å². The largest absolute Gasteiger partial charge is 0.461 e. The Labute approximate surface area is 173 Å². The van der Waals surface area contributed by atoms with Gasteiger partial charge in [-0.3, -0.25) is 9.59 Å². The van der Waals surface area contributed by atoms with Crippen LogP contribution >= 0.6 is 0 Å². The van der Waals surface area contributed by atoms with Crippen molar-refractivity contribution in [1.82, 2.24) is 10.6 Å². The quantitative estimate of drug-likeness (QED) is 0.510. The standard InChI is InChI=1S/C22H22N2O6/c1-3-29-21(27)17(23-19(25)15-11-7-5-8-12-15)18(22(28)30-4-2)24-20(26)16-13-9-6-10-14-16/h5-14H,3-4H2,1-2H3,(H,23,25)(H,24,26). The van der Waals surface area contributed by atoms with E-state index in [4.69, 9.17) is 9.47 Å². The van der Waals surface area contributed by atoms with Crippen LogP contribution in [0.2, 0.25) is 0 Å². The van der Waals surface area contributed by atoms with Gasteiger partial charge in [-0.25, -0.2) is 9.59 Å². The lowest BCUT2D eigenvalue weighted by Gasteiger charge is -2.15. The Kier molecular flexibility index (Phi) is 8.31. The number of hydrogen-bond donors (Lipinski definition) is 2. The van der Waals surface area contributed by atoms with Crippen molar-refractivity contribution in [2.45, 2.75) is 13.8 Å². The second kappa shape index (κ2) is 11.2. The molecule has 8 heteroatoms. The fourth-order valence-electron chi connectivity index (χ4n) is 2.39. The minimum atomic E-state index is -0.988. The van der Waals surface area contributed by atoms with Gasteiger partial charge < -0.3 is 20.1 Å². The van der Waals surface area contributed by atoms with Crippen LogP contribution in [0.3, 0.4) is 0 Å². The lowest BCUT2D eigenvalue weighted by Crippen LogP contribution is -2.38. The number of ether oxygens (including phenoxy) is 2. The Bertz CT molecular complexity index is 861. The zero-order valence-electron chi connectivity index (χ0n) is 16.6. The van der Waals surface area contributed by atoms with Gasteiger partial charge in [0.2, 0.25) is 0 Å². The van der Waals surface area contributed by atoms with Crippen LogP contribution in [0.5, 0.6) is 0 Å². The lowest BCUT2D eigenvalue weighted by atomic mass is 10.2. The molecule has 0 aromatic heterocycles. The summed E-state index contributed by atoms with van der Waals surface area (Å²) in [6.07, 6.45) is 0. The molecule has 0 saturated carbocycles. The molecule has 0 atom stereocenters. The highest BCUT2D eigenvalue weighted by Crippen LogP contribution is 2.09. The molecule has 2 rings (SSSR count). The first-order chi connectivity index (χ1) is 14.5. The highest BCUT2D eigenvalue weighted by atomic mass is 16.5. The number of benzene rings is 2. The predicted molar refractivity (Wildman–Crippen MR) is 108 cm³/mol. The van der Waals surface area contributed by atoms with Gasteiger partial charge in [-0.1, -0.05) is 36.4 Å². The van der Waals surface area contributed by atoms with Crippen molar-refractivity contribution in [3.05, 3.63) is 83.2 Å². The molecule has 2 aromatic carbocycles. The summed E-state index contributed by atoms with van der Waals surface area (Å²) in [6, 6.07) is 16.2. The smallest absolute Gasteiger partial charge is 0.357 e. The van der Waals surface area contributed by atoms with Crippen molar-refractivity contribution in [2.75, 3.05) is 13.2 Å². The summed E-state index contributed by atoms with van der Waals surface area (Å²) in [5, 5.41) is 4.73. The van der Waals surface area contributed by atoms with Crippen molar-refractivity contribution < 1.29 is 28.7 Å². The third kappa shape index (κ3) is 6.03. The van der Waals surface area contributed by atoms with Gasteiger partial charge in [0, 0.05) is 11.1 Å². The number of nitrogens with one attached hydrogen (secondary N) is 2. The molecule has 0 aliphatic rings. The van der Waals surface area contributed by atoms with Gasteiger partial charge in [-0.15, -0.1) is 0 Å². The molecular weight excluding hydrogens is 388 g/mol. The molecule has 0 aliphatic carbocycles. The maximum Gasteiger partial charge on any atom is 0.357 e. The molecule has 0 heterocycles. The molecule has 0 saturated heterocycles. The Morgan fingerprint density at radius 3 is 1.27 bits per heavy atom. The molecule has 0 aliphatic heterocycles. The number of amides is 2. The molecule has 0 radical (unpaired) electrons. The number of carbonyl (C=O) groups is 4. The van der Waals surface area contributed by atoms with Gasteiger partial charge in [-0.05, 0) is 38.1 Å². The van der Waals surface area contributed by atoms with Gasteiger partial charge >= 0.3 is 11.9 Å². The normalized spacial score (nSPS) is 11.0. The molecule has 2 N–H and O–H groups in total. The minimum absolute atomic E-state index is 0.00766. The predicted octanol–water partition coefficient (Wildman–Crippen LogP) is 2.18. The van der Waals surface area contributed by atoms with E-state index in [-0.39, 0.29) is 24.3 Å². The maximum absolute atomic E-state index is 12.6. The van der Waals surface area contributed by atoms with E-state index in [1.807, 2.05) is 0 Å². The number of rotatable bonds is 8. The summed E-state index contributed by atoms with van der Waals surface area (Å²) in [6.45, 7) is 3.13. The van der Waals surface area contributed by atoms with Crippen LogP contribution in [0.4, 0.5) is 0 Å². The molecule has 2 aromatic rings. The zero-order chi connectivity index (χ0) is 21.9. The number of carbonyl (C=O) groups excluding carboxylic acids is 4. The lowest BCUT2D eigenvalue weighted by molar-refractivity contribution is -0.142. The Morgan fingerprint density at radius 2 is 0.967 bits per heavy atom. The molecule has 156 valence electrons. The fourth-order valence-corrected chi connectivity index (χ4v) is 2.39. The summed E-state index contributed by atoms with van der Waals surface area (Å²) < 4.78 is 9.93. The summed E-state index contributed by atoms with van der Waals surface area (Å²) in [7, 11) is 0. The first-order valence-electron chi connectivity index (χ1n) is 9.29. The van der Waals surface area contributed by atoms with Crippen LogP contribution in [-0.4, -0.2) is 37.0 Å². The first kappa shape index (κ1) is 22.4. The van der Waals surface area contributed by atoms with E-state index in [1.54, 1.807) is 50.2 Å². The SMILES string of the molecule is CCOC(=O)C(NC(=O)c1ccccc1)=C(NC(=O)c1ccccc1)C(=O)OCC. The van der Waals surface area contributed by atoms with Crippen molar-refractivity contribution in [2.24, 2.45) is 0 Å². The summed E-state index contributed by atoms with van der Waals surface area (Å²) >= 11 is 0. The van der Waals surface area contributed by atoms with Gasteiger partial charge in [0.15, 0.2) is 11.4 Å². The van der Waals surface area contributed by atoms with Crippen LogP contribution in [-0.2, 0) is 19.1 Å². The molecular formula is C22H22N2O6. The topological polar surface area (TPSA) is 111 Å². The minimum Gasteiger partial charge on any atom is -0.461 e. The number of hydrogen-bond acceptors (Lipinski definition) is 6. The molecule has 0 bridgehead atoms. The van der Waals surface area contributed by atoms with Gasteiger partial charge in [0.25, 0.3) is 11.8 Å². The van der Waals surface area contributed by atoms with Crippen LogP contribution in [0.1, 0.15) is 34.6 Å². The molecule has 8 nitrogen and oxygen atoms in total. The molecule has 0 spiro atoms. The van der Waals surface area contributed by atoms with E-state index in [2.05, 4.69) is 10.6 Å². The molecule has 2 amide bonds. The third-order valence-corrected chi connectivity index (χ3v) is 3.76. The van der Waals surface area contributed by atoms with Crippen molar-refractivity contribution in [3.63, 3.8) is 0 Å². The summed E-state index contributed by atoms with van der Waals surface area (Å²) in [4.78, 5) is 50.2. The Hall–Kier alpha value is -3.94. The second-order valence-electron chi connectivity index (χ2n) is 5.83. The van der Waals surface area contributed by atoms with Crippen molar-refractivity contribution in [1.29, 1.82) is 0 Å². The second-order valence-corrected chi connectivity index (χ2v) is 5.83. The van der Waals surface area contributed by atoms with Crippen LogP contribution < -0.4 is 10.6 Å². The average molecular weight is 410 g/mol. The fraction of sp³-hybridized carbons (Fsp3) is 0.182. The van der Waals surface area contributed by atoms with Crippen molar-refractivity contribution >= 4 is 23.8 Å². The van der Waals surface area contributed by atoms with Crippen LogP contribution in [0.15, 0.2) is 72.1 Å². The summed E-state index contributed by atoms with van der Waals surface area (Å²) in [5.41, 5.74) is -0.546. The highest BCUT2D eigenvalue weighted by molar-refractivity contribution is 6.08.